The lowest BCUT2D eigenvalue weighted by Crippen LogP contribution is -2.04. The van der Waals surface area contributed by atoms with Crippen LogP contribution in [0.3, 0.4) is 0 Å². The number of para-hydroxylation sites is 1. The largest absolute Gasteiger partial charge is 0.277 e. The van der Waals surface area contributed by atoms with Gasteiger partial charge in [-0.25, -0.2) is 9.97 Å². The van der Waals surface area contributed by atoms with Gasteiger partial charge in [0.1, 0.15) is 0 Å². The summed E-state index contributed by atoms with van der Waals surface area (Å²) in [6.07, 6.45) is 1.81. The van der Waals surface area contributed by atoms with Crippen LogP contribution in [0.4, 0.5) is 0 Å². The minimum atomic E-state index is 0.620. The zero-order valence-corrected chi connectivity index (χ0v) is 24.2. The quantitative estimate of drug-likeness (QED) is 0.205. The Morgan fingerprint density at radius 3 is 2.18 bits per heavy atom. The predicted molar refractivity (Wildman–Crippen MR) is 185 cm³/mol. The molecule has 6 aromatic carbocycles. The first kappa shape index (κ1) is 23.9. The number of pyridine rings is 1. The van der Waals surface area contributed by atoms with E-state index in [1.807, 2.05) is 23.6 Å². The number of hydrogen-bond donors (Lipinski definition) is 0. The monoisotopic (exact) mass is 578 g/mol. The fourth-order valence-electron chi connectivity index (χ4n) is 6.93. The molecule has 0 aliphatic heterocycles. The first-order valence-electron chi connectivity index (χ1n) is 14.7. The number of thiophene rings is 1. The highest BCUT2D eigenvalue weighted by Crippen LogP contribution is 2.47. The van der Waals surface area contributed by atoms with Gasteiger partial charge in [0.15, 0.2) is 5.65 Å². The van der Waals surface area contributed by atoms with Crippen LogP contribution in [0.5, 0.6) is 0 Å². The SMILES string of the molecule is c1ccc2cc(-c3nc(-n4c5ccccc5c5c6c7ccccc7sc6c6ccccc6c54)nc4ncccc34)ccc2c1. The smallest absolute Gasteiger partial charge is 0.237 e. The van der Waals surface area contributed by atoms with Gasteiger partial charge in [-0.2, -0.15) is 4.98 Å². The summed E-state index contributed by atoms with van der Waals surface area (Å²) in [5, 5.41) is 10.8. The molecule has 0 N–H and O–H groups in total. The lowest BCUT2D eigenvalue weighted by molar-refractivity contribution is 1.01. The van der Waals surface area contributed by atoms with Crippen molar-refractivity contribution in [3.8, 4) is 17.2 Å². The Bertz CT molecular complexity index is 2790. The Labute approximate surface area is 255 Å². The van der Waals surface area contributed by atoms with E-state index in [9.17, 15) is 0 Å². The molecule has 0 aliphatic rings. The van der Waals surface area contributed by atoms with Crippen molar-refractivity contribution < 1.29 is 0 Å². The van der Waals surface area contributed by atoms with Gasteiger partial charge in [0.05, 0.1) is 16.7 Å². The summed E-state index contributed by atoms with van der Waals surface area (Å²) in [7, 11) is 0. The first-order chi connectivity index (χ1) is 21.8. The molecule has 0 amide bonds. The van der Waals surface area contributed by atoms with Gasteiger partial charge < -0.3 is 0 Å². The molecule has 44 heavy (non-hydrogen) atoms. The van der Waals surface area contributed by atoms with E-state index in [0.29, 0.717) is 11.6 Å². The second kappa shape index (κ2) is 8.93. The summed E-state index contributed by atoms with van der Waals surface area (Å²) < 4.78 is 4.87. The highest BCUT2D eigenvalue weighted by atomic mass is 32.1. The van der Waals surface area contributed by atoms with E-state index in [4.69, 9.17) is 15.0 Å². The Balaban J connectivity index is 1.40. The van der Waals surface area contributed by atoms with E-state index >= 15 is 0 Å². The van der Waals surface area contributed by atoms with Gasteiger partial charge in [-0.05, 0) is 41.1 Å². The topological polar surface area (TPSA) is 43.6 Å². The maximum atomic E-state index is 5.37. The number of rotatable bonds is 2. The Morgan fingerprint density at radius 1 is 0.545 bits per heavy atom. The molecule has 0 atom stereocenters. The van der Waals surface area contributed by atoms with Crippen LogP contribution < -0.4 is 0 Å². The summed E-state index contributed by atoms with van der Waals surface area (Å²) >= 11 is 1.87. The maximum absolute atomic E-state index is 5.37. The molecule has 10 aromatic rings. The second-order valence-electron chi connectivity index (χ2n) is 11.2. The van der Waals surface area contributed by atoms with Crippen LogP contribution in [0, 0.1) is 0 Å². The number of benzene rings is 6. The molecule has 204 valence electrons. The van der Waals surface area contributed by atoms with Gasteiger partial charge in [-0.1, -0.05) is 97.1 Å². The normalized spacial score (nSPS) is 12.1. The minimum absolute atomic E-state index is 0.620. The van der Waals surface area contributed by atoms with E-state index in [2.05, 4.69) is 126 Å². The van der Waals surface area contributed by atoms with Gasteiger partial charge >= 0.3 is 0 Å². The molecule has 0 spiro atoms. The van der Waals surface area contributed by atoms with E-state index < -0.39 is 0 Å². The standard InChI is InChI=1S/C39H22N4S/c1-2-11-24-22-25(20-19-23(24)10-1)35-30-16-9-21-40-38(30)42-39(41-35)43-31-17-7-5-14-28(31)33-34-29-15-6-8-18-32(29)44-37(34)27-13-4-3-12-26(27)36(33)43/h1-22H. The molecule has 10 rings (SSSR count). The van der Waals surface area contributed by atoms with Crippen molar-refractivity contribution >= 4 is 85.9 Å². The molecular weight excluding hydrogens is 557 g/mol. The van der Waals surface area contributed by atoms with Crippen LogP contribution in [0.15, 0.2) is 134 Å². The van der Waals surface area contributed by atoms with Crippen molar-refractivity contribution in [2.24, 2.45) is 0 Å². The third-order valence-corrected chi connectivity index (χ3v) is 10.0. The number of fused-ring (bicyclic) bond motifs is 12. The van der Waals surface area contributed by atoms with Crippen LogP contribution in [0.1, 0.15) is 0 Å². The van der Waals surface area contributed by atoms with Gasteiger partial charge in [-0.3, -0.25) is 4.57 Å². The second-order valence-corrected chi connectivity index (χ2v) is 12.3. The van der Waals surface area contributed by atoms with Gasteiger partial charge in [0.2, 0.25) is 5.95 Å². The Morgan fingerprint density at radius 2 is 1.27 bits per heavy atom. The average Bonchev–Trinajstić information content (AvgIpc) is 3.64. The molecular formula is C39H22N4S. The molecule has 4 aromatic heterocycles. The number of aromatic nitrogens is 4. The summed E-state index contributed by atoms with van der Waals surface area (Å²) in [6, 6.07) is 45.2. The van der Waals surface area contributed by atoms with Gasteiger partial charge in [0.25, 0.3) is 0 Å². The molecule has 0 aliphatic carbocycles. The van der Waals surface area contributed by atoms with Crippen LogP contribution in [-0.4, -0.2) is 19.5 Å². The van der Waals surface area contributed by atoms with E-state index in [1.165, 1.54) is 52.5 Å². The third-order valence-electron chi connectivity index (χ3n) is 8.83. The minimum Gasteiger partial charge on any atom is -0.277 e. The lowest BCUT2D eigenvalue weighted by atomic mass is 10.00. The summed E-state index contributed by atoms with van der Waals surface area (Å²) in [6.45, 7) is 0. The zero-order valence-electron chi connectivity index (χ0n) is 23.4. The van der Waals surface area contributed by atoms with Crippen LogP contribution in [0.25, 0.3) is 91.8 Å². The molecule has 4 heterocycles. The Kier molecular flexibility index (Phi) is 4.84. The predicted octanol–water partition coefficient (Wildman–Crippen LogP) is 10.5. The van der Waals surface area contributed by atoms with E-state index in [0.717, 1.165) is 27.7 Å². The first-order valence-corrected chi connectivity index (χ1v) is 15.5. The van der Waals surface area contributed by atoms with Crippen molar-refractivity contribution in [1.29, 1.82) is 0 Å². The molecule has 0 fully saturated rings. The lowest BCUT2D eigenvalue weighted by Gasteiger charge is -2.13. The van der Waals surface area contributed by atoms with Crippen LogP contribution >= 0.6 is 11.3 Å². The summed E-state index contributed by atoms with van der Waals surface area (Å²) in [5.74, 6) is 0.620. The van der Waals surface area contributed by atoms with Crippen molar-refractivity contribution in [3.63, 3.8) is 0 Å². The summed E-state index contributed by atoms with van der Waals surface area (Å²) in [5.41, 5.74) is 4.80. The van der Waals surface area contributed by atoms with Gasteiger partial charge in [-0.15, -0.1) is 11.3 Å². The van der Waals surface area contributed by atoms with E-state index in [-0.39, 0.29) is 0 Å². The number of hydrogen-bond acceptors (Lipinski definition) is 4. The zero-order chi connectivity index (χ0) is 28.8. The Hall–Kier alpha value is -5.65. The molecule has 4 nitrogen and oxygen atoms in total. The fourth-order valence-corrected chi connectivity index (χ4v) is 8.18. The highest BCUT2D eigenvalue weighted by molar-refractivity contribution is 7.27. The highest BCUT2D eigenvalue weighted by Gasteiger charge is 2.23. The van der Waals surface area contributed by atoms with Crippen LogP contribution in [-0.2, 0) is 0 Å². The average molecular weight is 579 g/mol. The van der Waals surface area contributed by atoms with Crippen molar-refractivity contribution in [3.05, 3.63) is 134 Å². The molecule has 0 saturated carbocycles. The maximum Gasteiger partial charge on any atom is 0.237 e. The third kappa shape index (κ3) is 3.24. The van der Waals surface area contributed by atoms with Crippen molar-refractivity contribution in [2.75, 3.05) is 0 Å². The fraction of sp³-hybridized carbons (Fsp3) is 0. The van der Waals surface area contributed by atoms with Crippen molar-refractivity contribution in [1.82, 2.24) is 19.5 Å². The summed E-state index contributed by atoms with van der Waals surface area (Å²) in [4.78, 5) is 15.3. The molecule has 0 bridgehead atoms. The molecule has 5 heteroatoms. The number of nitrogens with zero attached hydrogens (tertiary/aromatic N) is 4. The molecule has 0 radical (unpaired) electrons. The molecule has 0 saturated heterocycles. The van der Waals surface area contributed by atoms with Crippen molar-refractivity contribution in [2.45, 2.75) is 0 Å². The molecule has 0 unspecified atom stereocenters. The van der Waals surface area contributed by atoms with E-state index in [1.54, 1.807) is 0 Å². The van der Waals surface area contributed by atoms with Crippen LogP contribution in [0.2, 0.25) is 0 Å². The van der Waals surface area contributed by atoms with Gasteiger partial charge in [0, 0.05) is 58.9 Å².